The van der Waals surface area contributed by atoms with E-state index in [0.29, 0.717) is 5.82 Å². The summed E-state index contributed by atoms with van der Waals surface area (Å²) in [5.41, 5.74) is 0. The highest BCUT2D eigenvalue weighted by molar-refractivity contribution is 7.09. The number of hydrogen-bond acceptors (Lipinski definition) is 5. The fourth-order valence-corrected chi connectivity index (χ4v) is 2.46. The first-order valence-corrected chi connectivity index (χ1v) is 6.93. The zero-order valence-electron chi connectivity index (χ0n) is 10.7. The molecule has 1 atom stereocenters. The van der Waals surface area contributed by atoms with Gasteiger partial charge in [0.15, 0.2) is 5.82 Å². The van der Waals surface area contributed by atoms with E-state index in [2.05, 4.69) is 39.0 Å². The summed E-state index contributed by atoms with van der Waals surface area (Å²) in [7, 11) is 0. The van der Waals surface area contributed by atoms with E-state index in [1.165, 1.54) is 11.1 Å². The van der Waals surface area contributed by atoms with Crippen LogP contribution in [0.15, 0.2) is 36.1 Å². The van der Waals surface area contributed by atoms with Gasteiger partial charge in [-0.3, -0.25) is 9.78 Å². The van der Waals surface area contributed by atoms with Crippen molar-refractivity contribution in [2.45, 2.75) is 19.4 Å². The first-order valence-electron chi connectivity index (χ1n) is 6.05. The van der Waals surface area contributed by atoms with Crippen LogP contribution in [0.4, 0.5) is 5.82 Å². The van der Waals surface area contributed by atoms with Crippen molar-refractivity contribution < 1.29 is 4.79 Å². The average molecular weight is 276 g/mol. The molecule has 6 heteroatoms. The highest BCUT2D eigenvalue weighted by atomic mass is 32.1. The number of amides is 1. The molecule has 0 saturated heterocycles. The average Bonchev–Trinajstić information content (AvgIpc) is 2.90. The summed E-state index contributed by atoms with van der Waals surface area (Å²) >= 11 is 1.73. The number of thiophene rings is 1. The van der Waals surface area contributed by atoms with Gasteiger partial charge in [0.25, 0.3) is 0 Å². The maximum absolute atomic E-state index is 11.7. The number of hydrogen-bond donors (Lipinski definition) is 2. The molecular weight excluding hydrogens is 260 g/mol. The van der Waals surface area contributed by atoms with Crippen molar-refractivity contribution in [3.63, 3.8) is 0 Å². The SMILES string of the molecule is C[C@@H](Cc1cccs1)NCC(=O)Nc1cnccn1. The second-order valence-electron chi connectivity index (χ2n) is 4.20. The van der Waals surface area contributed by atoms with Crippen molar-refractivity contribution in [2.75, 3.05) is 11.9 Å². The van der Waals surface area contributed by atoms with Gasteiger partial charge in [0.2, 0.25) is 5.91 Å². The number of carbonyl (C=O) groups is 1. The van der Waals surface area contributed by atoms with E-state index in [1.54, 1.807) is 23.7 Å². The summed E-state index contributed by atoms with van der Waals surface area (Å²) in [5, 5.41) is 7.93. The maximum atomic E-state index is 11.7. The molecule has 0 aromatic carbocycles. The van der Waals surface area contributed by atoms with E-state index < -0.39 is 0 Å². The Labute approximate surface area is 116 Å². The lowest BCUT2D eigenvalue weighted by Gasteiger charge is -2.12. The molecule has 0 aliphatic heterocycles. The Hall–Kier alpha value is -1.79. The molecule has 2 aromatic heterocycles. The zero-order valence-corrected chi connectivity index (χ0v) is 11.5. The summed E-state index contributed by atoms with van der Waals surface area (Å²) < 4.78 is 0. The highest BCUT2D eigenvalue weighted by Gasteiger charge is 2.07. The third-order valence-corrected chi connectivity index (χ3v) is 3.43. The fourth-order valence-electron chi connectivity index (χ4n) is 1.62. The molecule has 2 aromatic rings. The van der Waals surface area contributed by atoms with Gasteiger partial charge in [-0.15, -0.1) is 11.3 Å². The molecule has 0 saturated carbocycles. The van der Waals surface area contributed by atoms with Crippen molar-refractivity contribution >= 4 is 23.1 Å². The number of rotatable bonds is 6. The van der Waals surface area contributed by atoms with E-state index >= 15 is 0 Å². The minimum absolute atomic E-state index is 0.112. The highest BCUT2D eigenvalue weighted by Crippen LogP contribution is 2.10. The predicted octanol–water partition coefficient (Wildman–Crippen LogP) is 1.70. The van der Waals surface area contributed by atoms with Crippen molar-refractivity contribution in [1.82, 2.24) is 15.3 Å². The molecule has 2 rings (SSSR count). The van der Waals surface area contributed by atoms with Gasteiger partial charge >= 0.3 is 0 Å². The van der Waals surface area contributed by atoms with Crippen LogP contribution in [0.25, 0.3) is 0 Å². The molecule has 0 fully saturated rings. The van der Waals surface area contributed by atoms with Crippen LogP contribution in [0.3, 0.4) is 0 Å². The Morgan fingerprint density at radius 1 is 1.47 bits per heavy atom. The molecule has 0 aliphatic rings. The van der Waals surface area contributed by atoms with E-state index in [9.17, 15) is 4.79 Å². The Bertz CT molecular complexity index is 501. The molecule has 0 bridgehead atoms. The van der Waals surface area contributed by atoms with Gasteiger partial charge in [0, 0.05) is 23.3 Å². The van der Waals surface area contributed by atoms with Crippen molar-refractivity contribution in [1.29, 1.82) is 0 Å². The monoisotopic (exact) mass is 276 g/mol. The third-order valence-electron chi connectivity index (χ3n) is 2.53. The van der Waals surface area contributed by atoms with Crippen LogP contribution >= 0.6 is 11.3 Å². The van der Waals surface area contributed by atoms with E-state index in [1.807, 2.05) is 6.07 Å². The first-order chi connectivity index (χ1) is 9.24. The fraction of sp³-hybridized carbons (Fsp3) is 0.308. The Kier molecular flexibility index (Phi) is 5.00. The topological polar surface area (TPSA) is 66.9 Å². The van der Waals surface area contributed by atoms with Crippen LogP contribution in [0.2, 0.25) is 0 Å². The Balaban J connectivity index is 1.71. The zero-order chi connectivity index (χ0) is 13.5. The lowest BCUT2D eigenvalue weighted by molar-refractivity contribution is -0.115. The largest absolute Gasteiger partial charge is 0.308 e. The molecule has 0 aliphatic carbocycles. The number of aromatic nitrogens is 2. The van der Waals surface area contributed by atoms with Crippen LogP contribution in [-0.2, 0) is 11.2 Å². The van der Waals surface area contributed by atoms with Crippen LogP contribution in [0.5, 0.6) is 0 Å². The number of carbonyl (C=O) groups excluding carboxylic acids is 1. The predicted molar refractivity (Wildman–Crippen MR) is 76.1 cm³/mol. The Morgan fingerprint density at radius 2 is 2.37 bits per heavy atom. The van der Waals surface area contributed by atoms with Gasteiger partial charge in [0.1, 0.15) is 0 Å². The smallest absolute Gasteiger partial charge is 0.239 e. The van der Waals surface area contributed by atoms with Gasteiger partial charge in [-0.1, -0.05) is 6.07 Å². The number of nitrogens with one attached hydrogen (secondary N) is 2. The molecule has 2 heterocycles. The molecule has 100 valence electrons. The molecule has 2 N–H and O–H groups in total. The lowest BCUT2D eigenvalue weighted by atomic mass is 10.2. The van der Waals surface area contributed by atoms with Gasteiger partial charge in [-0.05, 0) is 24.8 Å². The summed E-state index contributed by atoms with van der Waals surface area (Å²) in [5.74, 6) is 0.360. The lowest BCUT2D eigenvalue weighted by Crippen LogP contribution is -2.35. The summed E-state index contributed by atoms with van der Waals surface area (Å²) in [6.07, 6.45) is 5.56. The molecule has 0 unspecified atom stereocenters. The number of anilines is 1. The van der Waals surface area contributed by atoms with Gasteiger partial charge in [-0.2, -0.15) is 0 Å². The summed E-state index contributed by atoms with van der Waals surface area (Å²) in [6.45, 7) is 2.33. The molecule has 0 spiro atoms. The number of nitrogens with zero attached hydrogens (tertiary/aromatic N) is 2. The summed E-state index contributed by atoms with van der Waals surface area (Å²) in [6, 6.07) is 4.39. The minimum Gasteiger partial charge on any atom is -0.308 e. The molecular formula is C13H16N4OS. The summed E-state index contributed by atoms with van der Waals surface area (Å²) in [4.78, 5) is 20.9. The minimum atomic E-state index is -0.112. The maximum Gasteiger partial charge on any atom is 0.239 e. The van der Waals surface area contributed by atoms with Gasteiger partial charge in [-0.25, -0.2) is 4.98 Å². The first kappa shape index (κ1) is 13.6. The van der Waals surface area contributed by atoms with Crippen LogP contribution in [0, 0.1) is 0 Å². The molecule has 1 amide bonds. The van der Waals surface area contributed by atoms with E-state index in [4.69, 9.17) is 0 Å². The van der Waals surface area contributed by atoms with Crippen LogP contribution in [0.1, 0.15) is 11.8 Å². The normalized spacial score (nSPS) is 12.1. The van der Waals surface area contributed by atoms with Crippen LogP contribution < -0.4 is 10.6 Å². The second-order valence-corrected chi connectivity index (χ2v) is 5.24. The Morgan fingerprint density at radius 3 is 3.05 bits per heavy atom. The van der Waals surface area contributed by atoms with Crippen LogP contribution in [-0.4, -0.2) is 28.5 Å². The standard InChI is InChI=1S/C13H16N4OS/c1-10(7-11-3-2-6-19-11)16-9-13(18)17-12-8-14-4-5-15-12/h2-6,8,10,16H,7,9H2,1H3,(H,15,17,18)/t10-/m0/s1. The van der Waals surface area contributed by atoms with E-state index in [0.717, 1.165) is 6.42 Å². The van der Waals surface area contributed by atoms with Gasteiger partial charge < -0.3 is 10.6 Å². The molecule has 19 heavy (non-hydrogen) atoms. The second kappa shape index (κ2) is 6.96. The van der Waals surface area contributed by atoms with E-state index in [-0.39, 0.29) is 18.5 Å². The van der Waals surface area contributed by atoms with Crippen molar-refractivity contribution in [3.8, 4) is 0 Å². The third kappa shape index (κ3) is 4.76. The van der Waals surface area contributed by atoms with Crippen molar-refractivity contribution in [2.24, 2.45) is 0 Å². The van der Waals surface area contributed by atoms with Gasteiger partial charge in [0.05, 0.1) is 12.7 Å². The molecule has 0 radical (unpaired) electrons. The van der Waals surface area contributed by atoms with Crippen molar-refractivity contribution in [3.05, 3.63) is 41.0 Å². The quantitative estimate of drug-likeness (QED) is 0.842. The molecule has 5 nitrogen and oxygen atoms in total.